The molecule has 0 saturated carbocycles. The van der Waals surface area contributed by atoms with Crippen molar-refractivity contribution in [1.82, 2.24) is 9.80 Å². The third-order valence-electron chi connectivity index (χ3n) is 3.80. The number of allylic oxidation sites excluding steroid dienone is 1. The van der Waals surface area contributed by atoms with Crippen LogP contribution in [0.4, 0.5) is 13.6 Å². The highest BCUT2D eigenvalue weighted by atomic mass is 19.1. The summed E-state index contributed by atoms with van der Waals surface area (Å²) in [7, 11) is 4.16. The van der Waals surface area contributed by atoms with Crippen LogP contribution in [0.15, 0.2) is 29.5 Å². The van der Waals surface area contributed by atoms with Crippen LogP contribution in [0.2, 0.25) is 0 Å². The van der Waals surface area contributed by atoms with Crippen molar-refractivity contribution in [3.8, 4) is 0 Å². The summed E-state index contributed by atoms with van der Waals surface area (Å²) in [5.41, 5.74) is 0.534. The molecule has 22 heavy (non-hydrogen) atoms. The largest absolute Gasteiger partial charge is 0.466 e. The Bertz CT molecular complexity index is 673. The Morgan fingerprint density at radius 1 is 1.27 bits per heavy atom. The van der Waals surface area contributed by atoms with Gasteiger partial charge in [0.1, 0.15) is 11.6 Å². The zero-order chi connectivity index (χ0) is 16.6. The van der Waals surface area contributed by atoms with Gasteiger partial charge in [0.15, 0.2) is 0 Å². The van der Waals surface area contributed by atoms with Crippen LogP contribution < -0.4 is 0 Å². The van der Waals surface area contributed by atoms with E-state index in [0.29, 0.717) is 5.70 Å². The summed E-state index contributed by atoms with van der Waals surface area (Å²) in [6.45, 7) is 1.57. The van der Waals surface area contributed by atoms with Crippen LogP contribution in [-0.2, 0) is 9.53 Å². The molecular weight excluding hydrogens is 294 g/mol. The minimum atomic E-state index is -0.975. The fraction of sp³-hybridized carbons (Fsp3) is 0.333. The number of hydrogen-bond acceptors (Lipinski definition) is 3. The van der Waals surface area contributed by atoms with Crippen LogP contribution in [0.5, 0.6) is 0 Å². The molecule has 1 atom stereocenters. The number of hydrogen-bond donors (Lipinski definition) is 0. The molecule has 1 heterocycles. The minimum Gasteiger partial charge on any atom is -0.466 e. The first-order valence-corrected chi connectivity index (χ1v) is 6.54. The van der Waals surface area contributed by atoms with Crippen molar-refractivity contribution in [2.24, 2.45) is 0 Å². The van der Waals surface area contributed by atoms with Gasteiger partial charge in [-0.1, -0.05) is 6.07 Å². The summed E-state index contributed by atoms with van der Waals surface area (Å²) in [4.78, 5) is 26.8. The van der Waals surface area contributed by atoms with Gasteiger partial charge in [0.25, 0.3) is 0 Å². The Morgan fingerprint density at radius 2 is 1.91 bits per heavy atom. The summed E-state index contributed by atoms with van der Waals surface area (Å²) < 4.78 is 32.0. The maximum absolute atomic E-state index is 14.1. The van der Waals surface area contributed by atoms with Gasteiger partial charge in [-0.15, -0.1) is 0 Å². The molecule has 2 amide bonds. The molecule has 0 fully saturated rings. The minimum absolute atomic E-state index is 0.0325. The lowest BCUT2D eigenvalue weighted by Crippen LogP contribution is -2.47. The second kappa shape index (κ2) is 5.75. The fourth-order valence-electron chi connectivity index (χ4n) is 2.52. The molecule has 0 N–H and O–H groups in total. The van der Waals surface area contributed by atoms with Gasteiger partial charge in [-0.2, -0.15) is 0 Å². The summed E-state index contributed by atoms with van der Waals surface area (Å²) in [6, 6.07) is 1.64. The van der Waals surface area contributed by atoms with Crippen molar-refractivity contribution in [3.63, 3.8) is 0 Å². The van der Waals surface area contributed by atoms with E-state index in [0.717, 1.165) is 12.1 Å². The van der Waals surface area contributed by atoms with E-state index in [4.69, 9.17) is 4.74 Å². The maximum atomic E-state index is 14.1. The highest BCUT2D eigenvalue weighted by Gasteiger charge is 2.40. The Labute approximate surface area is 126 Å². The van der Waals surface area contributed by atoms with Gasteiger partial charge in [0, 0.05) is 31.4 Å². The van der Waals surface area contributed by atoms with Crippen LogP contribution in [-0.4, -0.2) is 43.0 Å². The molecule has 2 rings (SSSR count). The highest BCUT2D eigenvalue weighted by Crippen LogP contribution is 2.37. The molecule has 0 bridgehead atoms. The van der Waals surface area contributed by atoms with Crippen LogP contribution in [0.25, 0.3) is 0 Å². The Balaban J connectivity index is 2.68. The first-order valence-electron chi connectivity index (χ1n) is 6.54. The summed E-state index contributed by atoms with van der Waals surface area (Å²) in [5.74, 6) is -2.23. The topological polar surface area (TPSA) is 49.9 Å². The summed E-state index contributed by atoms with van der Waals surface area (Å²) in [5, 5.41) is 0. The second-order valence-electron chi connectivity index (χ2n) is 5.01. The van der Waals surface area contributed by atoms with E-state index in [9.17, 15) is 18.4 Å². The molecule has 1 aromatic rings. The molecule has 1 unspecified atom stereocenters. The van der Waals surface area contributed by atoms with E-state index in [1.165, 1.54) is 37.1 Å². The van der Waals surface area contributed by atoms with Gasteiger partial charge in [-0.25, -0.2) is 18.4 Å². The van der Waals surface area contributed by atoms with Gasteiger partial charge in [-0.3, -0.25) is 0 Å². The standard InChI is InChI=1S/C15H16F2N2O3/c1-8-12(14(20)22-4)13(19(3)15(21)18(8)2)10-6-5-9(16)7-11(10)17/h5-7,13H,1-4H3. The first-order chi connectivity index (χ1) is 10.3. The SMILES string of the molecule is COC(=O)C1=C(C)N(C)C(=O)N(C)C1c1ccc(F)cc1F. The summed E-state index contributed by atoms with van der Waals surface area (Å²) >= 11 is 0. The number of urea groups is 1. The van der Waals surface area contributed by atoms with Gasteiger partial charge in [-0.05, 0) is 13.0 Å². The maximum Gasteiger partial charge on any atom is 0.337 e. The number of nitrogens with zero attached hydrogens (tertiary/aromatic N) is 2. The Hall–Kier alpha value is -2.44. The third kappa shape index (κ3) is 2.43. The molecule has 0 radical (unpaired) electrons. The quantitative estimate of drug-likeness (QED) is 0.788. The molecule has 1 aromatic carbocycles. The van der Waals surface area contributed by atoms with Crippen molar-refractivity contribution in [2.75, 3.05) is 21.2 Å². The number of carbonyl (C=O) groups is 2. The molecule has 1 aliphatic heterocycles. The average Bonchev–Trinajstić information content (AvgIpc) is 2.48. The molecule has 5 nitrogen and oxygen atoms in total. The van der Waals surface area contributed by atoms with Crippen molar-refractivity contribution >= 4 is 12.0 Å². The molecule has 118 valence electrons. The van der Waals surface area contributed by atoms with Crippen molar-refractivity contribution in [3.05, 3.63) is 46.7 Å². The number of ether oxygens (including phenoxy) is 1. The average molecular weight is 310 g/mol. The fourth-order valence-corrected chi connectivity index (χ4v) is 2.52. The number of methoxy groups -OCH3 is 1. The number of likely N-dealkylation sites (N-methyl/N-ethyl adjacent to an activating group) is 1. The lowest BCUT2D eigenvalue weighted by molar-refractivity contribution is -0.137. The van der Waals surface area contributed by atoms with E-state index in [1.807, 2.05) is 0 Å². The van der Waals surface area contributed by atoms with Crippen molar-refractivity contribution in [1.29, 1.82) is 0 Å². The van der Waals surface area contributed by atoms with Crippen molar-refractivity contribution in [2.45, 2.75) is 13.0 Å². The zero-order valence-corrected chi connectivity index (χ0v) is 12.7. The number of benzene rings is 1. The number of halogens is 2. The monoisotopic (exact) mass is 310 g/mol. The molecule has 7 heteroatoms. The number of amides is 2. The molecule has 1 aliphatic rings. The van der Waals surface area contributed by atoms with Gasteiger partial charge >= 0.3 is 12.0 Å². The lowest BCUT2D eigenvalue weighted by atomic mass is 9.93. The van der Waals surface area contributed by atoms with E-state index in [2.05, 4.69) is 0 Å². The van der Waals surface area contributed by atoms with Crippen LogP contribution >= 0.6 is 0 Å². The first kappa shape index (κ1) is 15.9. The van der Waals surface area contributed by atoms with E-state index in [-0.39, 0.29) is 11.1 Å². The van der Waals surface area contributed by atoms with E-state index >= 15 is 0 Å². The van der Waals surface area contributed by atoms with E-state index < -0.39 is 29.7 Å². The highest BCUT2D eigenvalue weighted by molar-refractivity contribution is 5.94. The molecule has 0 spiro atoms. The summed E-state index contributed by atoms with van der Waals surface area (Å²) in [6.07, 6.45) is 0. The predicted molar refractivity (Wildman–Crippen MR) is 74.7 cm³/mol. The van der Waals surface area contributed by atoms with Crippen LogP contribution in [0.3, 0.4) is 0 Å². The predicted octanol–water partition coefficient (Wildman–Crippen LogP) is 2.45. The number of rotatable bonds is 2. The third-order valence-corrected chi connectivity index (χ3v) is 3.80. The zero-order valence-electron chi connectivity index (χ0n) is 12.7. The smallest absolute Gasteiger partial charge is 0.337 e. The Morgan fingerprint density at radius 3 is 2.45 bits per heavy atom. The normalized spacial score (nSPS) is 18.8. The lowest BCUT2D eigenvalue weighted by Gasteiger charge is -2.39. The second-order valence-corrected chi connectivity index (χ2v) is 5.01. The molecule has 0 aliphatic carbocycles. The van der Waals surface area contributed by atoms with Gasteiger partial charge < -0.3 is 14.5 Å². The molecular formula is C15H16F2N2O3. The number of carbonyl (C=O) groups excluding carboxylic acids is 2. The van der Waals surface area contributed by atoms with Gasteiger partial charge in [0.05, 0.1) is 18.7 Å². The van der Waals surface area contributed by atoms with Crippen LogP contribution in [0, 0.1) is 11.6 Å². The molecule has 0 aromatic heterocycles. The Kier molecular flexibility index (Phi) is 4.16. The molecule has 0 saturated heterocycles. The number of esters is 1. The van der Waals surface area contributed by atoms with Gasteiger partial charge in [0.2, 0.25) is 0 Å². The van der Waals surface area contributed by atoms with E-state index in [1.54, 1.807) is 6.92 Å². The van der Waals surface area contributed by atoms with Crippen LogP contribution in [0.1, 0.15) is 18.5 Å². The van der Waals surface area contributed by atoms with Crippen molar-refractivity contribution < 1.29 is 23.1 Å².